The molecular formula is C25H25NO2. The molecule has 0 N–H and O–H groups in total. The van der Waals surface area contributed by atoms with Crippen molar-refractivity contribution in [2.45, 2.75) is 5.92 Å². The Morgan fingerprint density at radius 1 is 0.857 bits per heavy atom. The Balaban J connectivity index is 1.98. The molecule has 3 aromatic carbocycles. The van der Waals surface area contributed by atoms with Gasteiger partial charge in [0.15, 0.2) is 0 Å². The van der Waals surface area contributed by atoms with Gasteiger partial charge in [-0.25, -0.2) is 0 Å². The van der Waals surface area contributed by atoms with E-state index in [4.69, 9.17) is 9.47 Å². The Labute approximate surface area is 166 Å². The van der Waals surface area contributed by atoms with Gasteiger partial charge in [-0.05, 0) is 43.4 Å². The van der Waals surface area contributed by atoms with Crippen molar-refractivity contribution in [3.63, 3.8) is 0 Å². The normalized spacial score (nSPS) is 15.9. The molecule has 1 aliphatic heterocycles. The van der Waals surface area contributed by atoms with Crippen LogP contribution < -0.4 is 9.47 Å². The molecule has 3 heteroatoms. The summed E-state index contributed by atoms with van der Waals surface area (Å²) in [6, 6.07) is 27.0. The van der Waals surface area contributed by atoms with Crippen LogP contribution in [0.15, 0.2) is 84.4 Å². The molecule has 0 bridgehead atoms. The van der Waals surface area contributed by atoms with Crippen LogP contribution in [-0.2, 0) is 0 Å². The minimum atomic E-state index is 0.133. The Bertz CT molecular complexity index is 992. The first kappa shape index (κ1) is 18.3. The molecular weight excluding hydrogens is 346 g/mol. The first-order valence-corrected chi connectivity index (χ1v) is 9.52. The van der Waals surface area contributed by atoms with Crippen molar-refractivity contribution in [2.75, 3.05) is 27.7 Å². The fraction of sp³-hybridized carbons (Fsp3) is 0.200. The maximum absolute atomic E-state index is 6.50. The number of likely N-dealkylation sites (N-methyl/N-ethyl adjacent to an activating group) is 1. The Morgan fingerprint density at radius 2 is 1.54 bits per heavy atom. The van der Waals surface area contributed by atoms with Gasteiger partial charge < -0.3 is 14.4 Å². The van der Waals surface area contributed by atoms with Crippen LogP contribution in [0.2, 0.25) is 0 Å². The van der Waals surface area contributed by atoms with Gasteiger partial charge in [-0.3, -0.25) is 0 Å². The highest BCUT2D eigenvalue weighted by atomic mass is 16.5. The van der Waals surface area contributed by atoms with Gasteiger partial charge >= 0.3 is 0 Å². The van der Waals surface area contributed by atoms with E-state index in [2.05, 4.69) is 67.5 Å². The van der Waals surface area contributed by atoms with Gasteiger partial charge in [0.1, 0.15) is 17.3 Å². The molecule has 0 saturated heterocycles. The molecule has 4 rings (SSSR count). The highest BCUT2D eigenvalue weighted by Crippen LogP contribution is 2.46. The minimum Gasteiger partial charge on any atom is -0.496 e. The standard InChI is InChI=1S/C25H25NO2/c1-26(2)17-21-24(18-11-5-4-6-12-18)19-13-7-10-16-23(19)28-25(21)20-14-8-9-15-22(20)27-3/h4-16,24H,17H2,1-3H3/t24-/m0/s1. The zero-order valence-corrected chi connectivity index (χ0v) is 16.6. The summed E-state index contributed by atoms with van der Waals surface area (Å²) >= 11 is 0. The van der Waals surface area contributed by atoms with Crippen LogP contribution in [0.4, 0.5) is 0 Å². The van der Waals surface area contributed by atoms with E-state index < -0.39 is 0 Å². The molecule has 28 heavy (non-hydrogen) atoms. The monoisotopic (exact) mass is 371 g/mol. The highest BCUT2D eigenvalue weighted by molar-refractivity contribution is 5.75. The van der Waals surface area contributed by atoms with Crippen LogP contribution in [0.5, 0.6) is 11.5 Å². The molecule has 1 atom stereocenters. The predicted octanol–water partition coefficient (Wildman–Crippen LogP) is 5.19. The molecule has 0 aliphatic carbocycles. The zero-order chi connectivity index (χ0) is 19.5. The van der Waals surface area contributed by atoms with Gasteiger partial charge in [-0.1, -0.05) is 60.7 Å². The molecule has 0 saturated carbocycles. The lowest BCUT2D eigenvalue weighted by Gasteiger charge is -2.33. The van der Waals surface area contributed by atoms with Crippen molar-refractivity contribution in [1.82, 2.24) is 4.90 Å². The molecule has 0 amide bonds. The minimum absolute atomic E-state index is 0.133. The van der Waals surface area contributed by atoms with Gasteiger partial charge in [-0.15, -0.1) is 0 Å². The molecule has 0 spiro atoms. The number of fused-ring (bicyclic) bond motifs is 1. The van der Waals surface area contributed by atoms with E-state index in [1.54, 1.807) is 7.11 Å². The molecule has 1 heterocycles. The van der Waals surface area contributed by atoms with Crippen molar-refractivity contribution < 1.29 is 9.47 Å². The number of para-hydroxylation sites is 2. The number of hydrogen-bond acceptors (Lipinski definition) is 3. The first-order chi connectivity index (χ1) is 13.7. The van der Waals surface area contributed by atoms with Crippen LogP contribution in [0, 0.1) is 0 Å². The molecule has 0 unspecified atom stereocenters. The smallest absolute Gasteiger partial charge is 0.139 e. The lowest BCUT2D eigenvalue weighted by molar-refractivity contribution is 0.399. The summed E-state index contributed by atoms with van der Waals surface area (Å²) in [7, 11) is 5.89. The topological polar surface area (TPSA) is 21.7 Å². The molecule has 0 fully saturated rings. The fourth-order valence-electron chi connectivity index (χ4n) is 3.90. The molecule has 1 aliphatic rings. The number of methoxy groups -OCH3 is 1. The Kier molecular flexibility index (Phi) is 5.18. The number of benzene rings is 3. The van der Waals surface area contributed by atoms with Crippen LogP contribution >= 0.6 is 0 Å². The van der Waals surface area contributed by atoms with Gasteiger partial charge in [0.05, 0.1) is 12.7 Å². The van der Waals surface area contributed by atoms with Crippen LogP contribution in [0.25, 0.3) is 5.76 Å². The number of rotatable bonds is 5. The van der Waals surface area contributed by atoms with Gasteiger partial charge in [0.2, 0.25) is 0 Å². The summed E-state index contributed by atoms with van der Waals surface area (Å²) in [6.07, 6.45) is 0. The van der Waals surface area contributed by atoms with E-state index in [1.165, 1.54) is 16.7 Å². The van der Waals surface area contributed by atoms with E-state index in [9.17, 15) is 0 Å². The zero-order valence-electron chi connectivity index (χ0n) is 16.6. The van der Waals surface area contributed by atoms with Crippen molar-refractivity contribution in [3.8, 4) is 11.5 Å². The van der Waals surface area contributed by atoms with E-state index in [1.807, 2.05) is 30.3 Å². The van der Waals surface area contributed by atoms with E-state index >= 15 is 0 Å². The Morgan fingerprint density at radius 3 is 2.29 bits per heavy atom. The SMILES string of the molecule is COc1ccccc1C1=C(CN(C)C)[C@@H](c2ccccc2)c2ccccc2O1. The van der Waals surface area contributed by atoms with Crippen LogP contribution in [-0.4, -0.2) is 32.6 Å². The maximum atomic E-state index is 6.50. The molecule has 3 aromatic rings. The largest absolute Gasteiger partial charge is 0.496 e. The van der Waals surface area contributed by atoms with E-state index in [-0.39, 0.29) is 5.92 Å². The summed E-state index contributed by atoms with van der Waals surface area (Å²) in [5.74, 6) is 2.74. The number of ether oxygens (including phenoxy) is 2. The summed E-state index contributed by atoms with van der Waals surface area (Å²) in [5.41, 5.74) is 4.68. The lowest BCUT2D eigenvalue weighted by Crippen LogP contribution is -2.25. The van der Waals surface area contributed by atoms with Crippen LogP contribution in [0.3, 0.4) is 0 Å². The average molecular weight is 371 g/mol. The number of hydrogen-bond donors (Lipinski definition) is 0. The molecule has 0 radical (unpaired) electrons. The summed E-state index contributed by atoms with van der Waals surface area (Å²) in [6.45, 7) is 0.793. The quantitative estimate of drug-likeness (QED) is 0.616. The van der Waals surface area contributed by atoms with E-state index in [0.717, 1.165) is 29.4 Å². The van der Waals surface area contributed by atoms with Gasteiger partial charge in [0, 0.05) is 18.0 Å². The van der Waals surface area contributed by atoms with Crippen molar-refractivity contribution in [3.05, 3.63) is 101 Å². The number of nitrogens with zero attached hydrogens (tertiary/aromatic N) is 1. The van der Waals surface area contributed by atoms with Gasteiger partial charge in [-0.2, -0.15) is 0 Å². The maximum Gasteiger partial charge on any atom is 0.139 e. The third-order valence-electron chi connectivity index (χ3n) is 5.05. The lowest BCUT2D eigenvalue weighted by atomic mass is 9.81. The summed E-state index contributed by atoms with van der Waals surface area (Å²) < 4.78 is 12.2. The second-order valence-electron chi connectivity index (χ2n) is 7.28. The fourth-order valence-corrected chi connectivity index (χ4v) is 3.90. The highest BCUT2D eigenvalue weighted by Gasteiger charge is 2.32. The van der Waals surface area contributed by atoms with Crippen LogP contribution in [0.1, 0.15) is 22.6 Å². The Hall–Kier alpha value is -3.04. The summed E-state index contributed by atoms with van der Waals surface area (Å²) in [5, 5.41) is 0. The predicted molar refractivity (Wildman–Crippen MR) is 114 cm³/mol. The average Bonchev–Trinajstić information content (AvgIpc) is 2.73. The van der Waals surface area contributed by atoms with Gasteiger partial charge in [0.25, 0.3) is 0 Å². The second-order valence-corrected chi connectivity index (χ2v) is 7.28. The van der Waals surface area contributed by atoms with Crippen molar-refractivity contribution >= 4 is 5.76 Å². The van der Waals surface area contributed by atoms with Crippen molar-refractivity contribution in [2.24, 2.45) is 0 Å². The molecule has 3 nitrogen and oxygen atoms in total. The molecule has 142 valence electrons. The van der Waals surface area contributed by atoms with E-state index in [0.29, 0.717) is 0 Å². The first-order valence-electron chi connectivity index (χ1n) is 9.52. The van der Waals surface area contributed by atoms with Crippen molar-refractivity contribution in [1.29, 1.82) is 0 Å². The third-order valence-corrected chi connectivity index (χ3v) is 5.05. The summed E-state index contributed by atoms with van der Waals surface area (Å²) in [4.78, 5) is 2.19. The third kappa shape index (κ3) is 3.41. The second kappa shape index (κ2) is 7.91. The molecule has 0 aromatic heterocycles.